The van der Waals surface area contributed by atoms with E-state index in [4.69, 9.17) is 11.6 Å². The lowest BCUT2D eigenvalue weighted by atomic mass is 9.79. The smallest absolute Gasteiger partial charge is 0.129 e. The Labute approximate surface area is 82.6 Å². The molecule has 0 saturated heterocycles. The number of halogens is 1. The van der Waals surface area contributed by atoms with E-state index in [-0.39, 0.29) is 6.10 Å². The van der Waals surface area contributed by atoms with Gasteiger partial charge in [0.2, 0.25) is 0 Å². The molecule has 1 saturated carbocycles. The number of hydrogen-bond donors (Lipinski definition) is 1. The summed E-state index contributed by atoms with van der Waals surface area (Å²) in [5.41, 5.74) is 0.883. The molecule has 1 aliphatic carbocycles. The average molecular weight is 198 g/mol. The summed E-state index contributed by atoms with van der Waals surface area (Å²) in [5, 5.41) is 10.3. The van der Waals surface area contributed by atoms with Crippen molar-refractivity contribution in [1.82, 2.24) is 4.98 Å². The Hall–Kier alpha value is -0.600. The SMILES string of the molecule is OC(c1ccc(Cl)nc1)C1CCC1. The first kappa shape index (κ1) is 8.97. The van der Waals surface area contributed by atoms with Gasteiger partial charge in [0.25, 0.3) is 0 Å². The van der Waals surface area contributed by atoms with Crippen LogP contribution < -0.4 is 0 Å². The maximum atomic E-state index is 9.85. The lowest BCUT2D eigenvalue weighted by Gasteiger charge is -2.30. The van der Waals surface area contributed by atoms with E-state index in [0.29, 0.717) is 11.1 Å². The van der Waals surface area contributed by atoms with Crippen molar-refractivity contribution in [2.75, 3.05) is 0 Å². The highest BCUT2D eigenvalue weighted by Crippen LogP contribution is 2.37. The van der Waals surface area contributed by atoms with Gasteiger partial charge in [-0.3, -0.25) is 0 Å². The van der Waals surface area contributed by atoms with Gasteiger partial charge >= 0.3 is 0 Å². The van der Waals surface area contributed by atoms with Gasteiger partial charge in [0.05, 0.1) is 6.10 Å². The van der Waals surface area contributed by atoms with Crippen molar-refractivity contribution in [3.8, 4) is 0 Å². The van der Waals surface area contributed by atoms with Crippen molar-refractivity contribution in [2.45, 2.75) is 25.4 Å². The minimum absolute atomic E-state index is 0.349. The van der Waals surface area contributed by atoms with E-state index in [0.717, 1.165) is 18.4 Å². The standard InChI is InChI=1S/C10H12ClNO/c11-9-5-4-8(6-12-9)10(13)7-2-1-3-7/h4-7,10,13H,1-3H2. The van der Waals surface area contributed by atoms with Gasteiger partial charge in [-0.25, -0.2) is 4.98 Å². The number of nitrogens with zero attached hydrogens (tertiary/aromatic N) is 1. The van der Waals surface area contributed by atoms with E-state index >= 15 is 0 Å². The van der Waals surface area contributed by atoms with Crippen LogP contribution in [-0.2, 0) is 0 Å². The van der Waals surface area contributed by atoms with Gasteiger partial charge in [-0.2, -0.15) is 0 Å². The normalized spacial score (nSPS) is 19.5. The first-order valence-electron chi connectivity index (χ1n) is 4.57. The van der Waals surface area contributed by atoms with E-state index in [1.165, 1.54) is 6.42 Å². The van der Waals surface area contributed by atoms with Crippen LogP contribution in [0.2, 0.25) is 5.15 Å². The van der Waals surface area contributed by atoms with Crippen molar-refractivity contribution in [3.05, 3.63) is 29.0 Å². The molecule has 13 heavy (non-hydrogen) atoms. The maximum absolute atomic E-state index is 9.85. The summed E-state index contributed by atoms with van der Waals surface area (Å²) in [6.45, 7) is 0. The lowest BCUT2D eigenvalue weighted by Crippen LogP contribution is -2.19. The first-order chi connectivity index (χ1) is 6.27. The van der Waals surface area contributed by atoms with Crippen LogP contribution in [0.15, 0.2) is 18.3 Å². The van der Waals surface area contributed by atoms with Crippen molar-refractivity contribution < 1.29 is 5.11 Å². The second-order valence-electron chi connectivity index (χ2n) is 3.55. The fourth-order valence-electron chi connectivity index (χ4n) is 1.59. The number of pyridine rings is 1. The summed E-state index contributed by atoms with van der Waals surface area (Å²) in [4.78, 5) is 3.95. The molecule has 0 aromatic carbocycles. The van der Waals surface area contributed by atoms with Crippen molar-refractivity contribution >= 4 is 11.6 Å². The molecular formula is C10H12ClNO. The molecule has 1 aliphatic rings. The second kappa shape index (κ2) is 3.64. The third kappa shape index (κ3) is 1.84. The number of rotatable bonds is 2. The molecule has 0 spiro atoms. The fourth-order valence-corrected chi connectivity index (χ4v) is 1.70. The predicted octanol–water partition coefficient (Wildman–Crippen LogP) is 2.57. The molecule has 1 heterocycles. The van der Waals surface area contributed by atoms with Crippen LogP contribution in [-0.4, -0.2) is 10.1 Å². The van der Waals surface area contributed by atoms with Gasteiger partial charge in [-0.05, 0) is 30.4 Å². The van der Waals surface area contributed by atoms with Crippen LogP contribution in [0.4, 0.5) is 0 Å². The third-order valence-electron chi connectivity index (χ3n) is 2.69. The molecule has 1 atom stereocenters. The molecule has 0 bridgehead atoms. The topological polar surface area (TPSA) is 33.1 Å². The summed E-state index contributed by atoms with van der Waals surface area (Å²) in [7, 11) is 0. The Kier molecular flexibility index (Phi) is 2.51. The summed E-state index contributed by atoms with van der Waals surface area (Å²) in [6, 6.07) is 3.57. The molecule has 0 radical (unpaired) electrons. The van der Waals surface area contributed by atoms with Crippen molar-refractivity contribution in [1.29, 1.82) is 0 Å². The Bertz CT molecular complexity index is 281. The van der Waals surface area contributed by atoms with Crippen molar-refractivity contribution in [3.63, 3.8) is 0 Å². The molecule has 0 amide bonds. The zero-order valence-electron chi connectivity index (χ0n) is 7.28. The van der Waals surface area contributed by atoms with Gasteiger partial charge in [-0.15, -0.1) is 0 Å². The minimum atomic E-state index is -0.349. The van der Waals surface area contributed by atoms with Gasteiger partial charge in [0.1, 0.15) is 5.15 Å². The first-order valence-corrected chi connectivity index (χ1v) is 4.94. The van der Waals surface area contributed by atoms with E-state index in [1.54, 1.807) is 12.3 Å². The molecule has 2 rings (SSSR count). The molecule has 1 aromatic heterocycles. The van der Waals surface area contributed by atoms with Crippen LogP contribution in [0, 0.1) is 5.92 Å². The molecule has 0 aliphatic heterocycles. The molecule has 1 N–H and O–H groups in total. The summed E-state index contributed by atoms with van der Waals surface area (Å²) < 4.78 is 0. The number of aromatic nitrogens is 1. The molecule has 1 fully saturated rings. The largest absolute Gasteiger partial charge is 0.388 e. The number of aliphatic hydroxyl groups excluding tert-OH is 1. The monoisotopic (exact) mass is 197 g/mol. The van der Waals surface area contributed by atoms with E-state index < -0.39 is 0 Å². The quantitative estimate of drug-likeness (QED) is 0.740. The Morgan fingerprint density at radius 3 is 2.69 bits per heavy atom. The van der Waals surface area contributed by atoms with Crippen LogP contribution in [0.25, 0.3) is 0 Å². The Balaban J connectivity index is 2.10. The van der Waals surface area contributed by atoms with Gasteiger partial charge in [-0.1, -0.05) is 24.1 Å². The highest BCUT2D eigenvalue weighted by atomic mass is 35.5. The third-order valence-corrected chi connectivity index (χ3v) is 2.91. The van der Waals surface area contributed by atoms with Crippen LogP contribution in [0.5, 0.6) is 0 Å². The van der Waals surface area contributed by atoms with Gasteiger partial charge in [0.15, 0.2) is 0 Å². The number of hydrogen-bond acceptors (Lipinski definition) is 2. The van der Waals surface area contributed by atoms with E-state index in [1.807, 2.05) is 6.07 Å². The van der Waals surface area contributed by atoms with Gasteiger partial charge in [0, 0.05) is 6.20 Å². The van der Waals surface area contributed by atoms with Crippen molar-refractivity contribution in [2.24, 2.45) is 5.92 Å². The molecule has 3 heteroatoms. The van der Waals surface area contributed by atoms with Crippen LogP contribution in [0.1, 0.15) is 30.9 Å². The number of aliphatic hydroxyl groups is 1. The Morgan fingerprint density at radius 2 is 2.23 bits per heavy atom. The molecule has 2 nitrogen and oxygen atoms in total. The van der Waals surface area contributed by atoms with Crippen LogP contribution in [0.3, 0.4) is 0 Å². The Morgan fingerprint density at radius 1 is 1.46 bits per heavy atom. The highest BCUT2D eigenvalue weighted by molar-refractivity contribution is 6.29. The average Bonchev–Trinajstić information content (AvgIpc) is 2.02. The summed E-state index contributed by atoms with van der Waals surface area (Å²) in [6.07, 6.45) is 4.81. The van der Waals surface area contributed by atoms with Crippen LogP contribution >= 0.6 is 11.6 Å². The second-order valence-corrected chi connectivity index (χ2v) is 3.94. The highest BCUT2D eigenvalue weighted by Gasteiger charge is 2.26. The molecule has 1 unspecified atom stereocenters. The zero-order chi connectivity index (χ0) is 9.26. The summed E-state index contributed by atoms with van der Waals surface area (Å²) >= 11 is 5.65. The fraction of sp³-hybridized carbons (Fsp3) is 0.500. The van der Waals surface area contributed by atoms with E-state index in [9.17, 15) is 5.11 Å². The predicted molar refractivity (Wildman–Crippen MR) is 51.5 cm³/mol. The van der Waals surface area contributed by atoms with Gasteiger partial charge < -0.3 is 5.11 Å². The van der Waals surface area contributed by atoms with E-state index in [2.05, 4.69) is 4.98 Å². The lowest BCUT2D eigenvalue weighted by molar-refractivity contribution is 0.0618. The zero-order valence-corrected chi connectivity index (χ0v) is 8.04. The maximum Gasteiger partial charge on any atom is 0.129 e. The molecule has 70 valence electrons. The summed E-state index contributed by atoms with van der Waals surface area (Å²) in [5.74, 6) is 0.433. The molecular weight excluding hydrogens is 186 g/mol. The minimum Gasteiger partial charge on any atom is -0.388 e. The molecule has 1 aromatic rings.